The van der Waals surface area contributed by atoms with Crippen LogP contribution in [0, 0.1) is 0 Å². The summed E-state index contributed by atoms with van der Waals surface area (Å²) in [5.41, 5.74) is 1.95. The molecule has 1 amide bonds. The fourth-order valence-electron chi connectivity index (χ4n) is 3.67. The van der Waals surface area contributed by atoms with Gasteiger partial charge < -0.3 is 9.80 Å². The predicted octanol–water partition coefficient (Wildman–Crippen LogP) is 4.14. The summed E-state index contributed by atoms with van der Waals surface area (Å²) < 4.78 is 0. The van der Waals surface area contributed by atoms with Crippen LogP contribution in [-0.2, 0) is 4.79 Å². The second kappa shape index (κ2) is 8.38. The van der Waals surface area contributed by atoms with E-state index in [9.17, 15) is 4.79 Å². The zero-order valence-electron chi connectivity index (χ0n) is 16.3. The number of fused-ring (bicyclic) bond motifs is 1. The number of benzene rings is 2. The molecule has 0 aliphatic carbocycles. The molecule has 1 aliphatic heterocycles. The highest BCUT2D eigenvalue weighted by atomic mass is 16.2. The molecule has 2 heterocycles. The summed E-state index contributed by atoms with van der Waals surface area (Å²) >= 11 is 0. The number of rotatable bonds is 5. The summed E-state index contributed by atoms with van der Waals surface area (Å²) in [4.78, 5) is 16.4. The second-order valence-electron chi connectivity index (χ2n) is 7.31. The first kappa shape index (κ1) is 18.4. The third-order valence-electron chi connectivity index (χ3n) is 5.40. The largest absolute Gasteiger partial charge is 0.352 e. The van der Waals surface area contributed by atoms with E-state index < -0.39 is 0 Å². The van der Waals surface area contributed by atoms with Crippen LogP contribution in [0.25, 0.3) is 22.0 Å². The monoisotopic (exact) mass is 374 g/mol. The number of carbonyl (C=O) groups is 1. The maximum atomic E-state index is 12.2. The van der Waals surface area contributed by atoms with E-state index in [0.29, 0.717) is 6.42 Å². The van der Waals surface area contributed by atoms with Gasteiger partial charge in [0.2, 0.25) is 5.91 Å². The topological polar surface area (TPSA) is 49.3 Å². The Morgan fingerprint density at radius 1 is 0.929 bits per heavy atom. The van der Waals surface area contributed by atoms with E-state index in [1.165, 1.54) is 10.8 Å². The van der Waals surface area contributed by atoms with E-state index in [2.05, 4.69) is 52.4 Å². The Balaban J connectivity index is 1.41. The number of nitrogens with zero attached hydrogens (tertiary/aromatic N) is 4. The summed E-state index contributed by atoms with van der Waals surface area (Å²) in [6.45, 7) is 5.25. The molecule has 0 N–H and O–H groups in total. The van der Waals surface area contributed by atoms with Crippen molar-refractivity contribution in [2.75, 3.05) is 31.1 Å². The summed E-state index contributed by atoms with van der Waals surface area (Å²) in [6.07, 6.45) is 2.70. The molecule has 0 bridgehead atoms. The molecule has 28 heavy (non-hydrogen) atoms. The lowest BCUT2D eigenvalue weighted by atomic mass is 10.1. The van der Waals surface area contributed by atoms with E-state index >= 15 is 0 Å². The smallest absolute Gasteiger partial charge is 0.222 e. The Morgan fingerprint density at radius 2 is 1.71 bits per heavy atom. The van der Waals surface area contributed by atoms with Crippen molar-refractivity contribution in [1.82, 2.24) is 15.1 Å². The van der Waals surface area contributed by atoms with Crippen molar-refractivity contribution >= 4 is 22.5 Å². The van der Waals surface area contributed by atoms with Gasteiger partial charge in [-0.2, -0.15) is 0 Å². The lowest BCUT2D eigenvalue weighted by Crippen LogP contribution is -2.49. The van der Waals surface area contributed by atoms with E-state index in [-0.39, 0.29) is 5.91 Å². The van der Waals surface area contributed by atoms with Crippen LogP contribution in [0.15, 0.2) is 54.6 Å². The SMILES string of the molecule is CCCCC(=O)N1CCN(c2ccc(-c3ccc4ccccc4c3)nn2)CC1. The molecule has 0 unspecified atom stereocenters. The molecule has 1 aliphatic rings. The van der Waals surface area contributed by atoms with Gasteiger partial charge in [0.05, 0.1) is 5.69 Å². The molecule has 1 aromatic heterocycles. The van der Waals surface area contributed by atoms with Crippen molar-refractivity contribution in [2.45, 2.75) is 26.2 Å². The van der Waals surface area contributed by atoms with Crippen LogP contribution in [0.2, 0.25) is 0 Å². The zero-order valence-corrected chi connectivity index (χ0v) is 16.3. The Morgan fingerprint density at radius 3 is 2.43 bits per heavy atom. The first-order valence-corrected chi connectivity index (χ1v) is 10.1. The minimum absolute atomic E-state index is 0.277. The van der Waals surface area contributed by atoms with Crippen molar-refractivity contribution in [1.29, 1.82) is 0 Å². The Labute approximate surface area is 166 Å². The molecule has 0 saturated carbocycles. The molecular formula is C23H26N4O. The number of anilines is 1. The van der Waals surface area contributed by atoms with Crippen LogP contribution in [0.3, 0.4) is 0 Å². The third kappa shape index (κ3) is 3.98. The third-order valence-corrected chi connectivity index (χ3v) is 5.40. The fraction of sp³-hybridized carbons (Fsp3) is 0.348. The average Bonchev–Trinajstić information content (AvgIpc) is 2.77. The normalized spacial score (nSPS) is 14.5. The minimum atomic E-state index is 0.277. The summed E-state index contributed by atoms with van der Waals surface area (Å²) in [7, 11) is 0. The highest BCUT2D eigenvalue weighted by Crippen LogP contribution is 2.24. The van der Waals surface area contributed by atoms with Gasteiger partial charge in [-0.05, 0) is 35.4 Å². The standard InChI is InChI=1S/C23H26N4O/c1-2-3-8-23(28)27-15-13-26(14-16-27)22-12-11-21(24-25-22)20-10-9-18-6-4-5-7-19(18)17-20/h4-7,9-12,17H,2-3,8,13-16H2,1H3. The van der Waals surface area contributed by atoms with E-state index in [4.69, 9.17) is 0 Å². The molecular weight excluding hydrogens is 348 g/mol. The molecule has 0 atom stereocenters. The molecule has 2 aromatic carbocycles. The number of aromatic nitrogens is 2. The number of amides is 1. The molecule has 3 aromatic rings. The maximum absolute atomic E-state index is 12.2. The molecule has 5 nitrogen and oxygen atoms in total. The van der Waals surface area contributed by atoms with Gasteiger partial charge in [0.1, 0.15) is 0 Å². The molecule has 4 rings (SSSR count). The van der Waals surface area contributed by atoms with Crippen molar-refractivity contribution < 1.29 is 4.79 Å². The van der Waals surface area contributed by atoms with Gasteiger partial charge in [0, 0.05) is 38.2 Å². The number of carbonyl (C=O) groups excluding carboxylic acids is 1. The van der Waals surface area contributed by atoms with Crippen molar-refractivity contribution in [3.63, 3.8) is 0 Å². The average molecular weight is 374 g/mol. The summed E-state index contributed by atoms with van der Waals surface area (Å²) in [5, 5.41) is 11.3. The first-order valence-electron chi connectivity index (χ1n) is 10.1. The second-order valence-corrected chi connectivity index (χ2v) is 7.31. The zero-order chi connectivity index (χ0) is 19.3. The van der Waals surface area contributed by atoms with Gasteiger partial charge >= 0.3 is 0 Å². The Kier molecular flexibility index (Phi) is 5.51. The van der Waals surface area contributed by atoms with Crippen molar-refractivity contribution in [3.8, 4) is 11.3 Å². The van der Waals surface area contributed by atoms with Crippen LogP contribution in [-0.4, -0.2) is 47.2 Å². The molecule has 1 saturated heterocycles. The number of unbranched alkanes of at least 4 members (excludes halogenated alkanes) is 1. The lowest BCUT2D eigenvalue weighted by molar-refractivity contribution is -0.131. The highest BCUT2D eigenvalue weighted by molar-refractivity contribution is 5.86. The molecule has 1 fully saturated rings. The fourth-order valence-corrected chi connectivity index (χ4v) is 3.67. The van der Waals surface area contributed by atoms with Crippen molar-refractivity contribution in [2.24, 2.45) is 0 Å². The number of hydrogen-bond donors (Lipinski definition) is 0. The quantitative estimate of drug-likeness (QED) is 0.674. The van der Waals surface area contributed by atoms with Gasteiger partial charge in [-0.25, -0.2) is 0 Å². The summed E-state index contributed by atoms with van der Waals surface area (Å²) in [5.74, 6) is 1.16. The molecule has 144 valence electrons. The molecule has 5 heteroatoms. The number of piperazine rings is 1. The van der Waals surface area contributed by atoms with E-state index in [1.807, 2.05) is 29.2 Å². The van der Waals surface area contributed by atoms with E-state index in [0.717, 1.165) is 56.1 Å². The Hall–Kier alpha value is -2.95. The van der Waals surface area contributed by atoms with Gasteiger partial charge in [0.25, 0.3) is 0 Å². The van der Waals surface area contributed by atoms with Gasteiger partial charge in [0.15, 0.2) is 5.82 Å². The van der Waals surface area contributed by atoms with Gasteiger partial charge in [-0.15, -0.1) is 10.2 Å². The van der Waals surface area contributed by atoms with Crippen LogP contribution in [0.5, 0.6) is 0 Å². The molecule has 0 radical (unpaired) electrons. The highest BCUT2D eigenvalue weighted by Gasteiger charge is 2.21. The first-order chi connectivity index (χ1) is 13.7. The van der Waals surface area contributed by atoms with Crippen LogP contribution < -0.4 is 4.90 Å². The predicted molar refractivity (Wildman–Crippen MR) is 113 cm³/mol. The Bertz CT molecular complexity index is 946. The molecule has 0 spiro atoms. The van der Waals surface area contributed by atoms with Crippen LogP contribution in [0.1, 0.15) is 26.2 Å². The van der Waals surface area contributed by atoms with Gasteiger partial charge in [-0.1, -0.05) is 49.7 Å². The summed E-state index contributed by atoms with van der Waals surface area (Å²) in [6, 6.07) is 18.8. The number of hydrogen-bond acceptors (Lipinski definition) is 4. The lowest BCUT2D eigenvalue weighted by Gasteiger charge is -2.35. The minimum Gasteiger partial charge on any atom is -0.352 e. The van der Waals surface area contributed by atoms with Crippen molar-refractivity contribution in [3.05, 3.63) is 54.6 Å². The van der Waals surface area contributed by atoms with Gasteiger partial charge in [-0.3, -0.25) is 4.79 Å². The van der Waals surface area contributed by atoms with Crippen LogP contribution >= 0.6 is 0 Å². The van der Waals surface area contributed by atoms with E-state index in [1.54, 1.807) is 0 Å². The van der Waals surface area contributed by atoms with Crippen LogP contribution in [0.4, 0.5) is 5.82 Å². The maximum Gasteiger partial charge on any atom is 0.222 e.